The van der Waals surface area contributed by atoms with Crippen LogP contribution in [-0.4, -0.2) is 35.4 Å². The van der Waals surface area contributed by atoms with Crippen LogP contribution in [0.15, 0.2) is 48.5 Å². The van der Waals surface area contributed by atoms with E-state index in [0.29, 0.717) is 28.8 Å². The van der Waals surface area contributed by atoms with Crippen LogP contribution in [0.5, 0.6) is 5.75 Å². The molecule has 1 aliphatic carbocycles. The lowest BCUT2D eigenvalue weighted by Gasteiger charge is -2.31. The van der Waals surface area contributed by atoms with Crippen LogP contribution < -0.4 is 10.1 Å². The molecule has 0 spiro atoms. The summed E-state index contributed by atoms with van der Waals surface area (Å²) >= 11 is 12.1. The summed E-state index contributed by atoms with van der Waals surface area (Å²) in [5.41, 5.74) is 0.891. The highest BCUT2D eigenvalue weighted by Gasteiger charge is 2.30. The molecule has 0 aromatic heterocycles. The van der Waals surface area contributed by atoms with E-state index in [1.807, 2.05) is 19.1 Å². The van der Waals surface area contributed by atoms with Gasteiger partial charge in [0.05, 0.1) is 5.02 Å². The maximum atomic E-state index is 13.2. The molecule has 2 aromatic rings. The van der Waals surface area contributed by atoms with Gasteiger partial charge < -0.3 is 15.0 Å². The number of rotatable bonds is 9. The van der Waals surface area contributed by atoms with Gasteiger partial charge in [-0.05, 0) is 49.1 Å². The highest BCUT2D eigenvalue weighted by atomic mass is 35.5. The largest absolute Gasteiger partial charge is 0.482 e. The van der Waals surface area contributed by atoms with Crippen LogP contribution in [-0.2, 0) is 16.1 Å². The Bertz CT molecular complexity index is 883. The van der Waals surface area contributed by atoms with Gasteiger partial charge in [0, 0.05) is 17.6 Å². The van der Waals surface area contributed by atoms with Crippen molar-refractivity contribution in [1.29, 1.82) is 0 Å². The summed E-state index contributed by atoms with van der Waals surface area (Å²) in [7, 11) is 0. The van der Waals surface area contributed by atoms with Crippen LogP contribution in [0.4, 0.5) is 0 Å². The molecule has 0 unspecified atom stereocenters. The monoisotopic (exact) mass is 462 g/mol. The summed E-state index contributed by atoms with van der Waals surface area (Å²) in [4.78, 5) is 27.8. The molecule has 0 bridgehead atoms. The molecule has 1 aliphatic rings. The second-order valence-corrected chi connectivity index (χ2v) is 8.62. The topological polar surface area (TPSA) is 58.6 Å². The van der Waals surface area contributed by atoms with Crippen LogP contribution in [0.25, 0.3) is 0 Å². The lowest BCUT2D eigenvalue weighted by atomic mass is 10.1. The molecule has 3 rings (SSSR count). The molecule has 1 atom stereocenters. The van der Waals surface area contributed by atoms with Crippen molar-refractivity contribution in [3.63, 3.8) is 0 Å². The van der Waals surface area contributed by atoms with Gasteiger partial charge in [0.15, 0.2) is 6.61 Å². The number of hydrogen-bond donors (Lipinski definition) is 1. The quantitative estimate of drug-likeness (QED) is 0.554. The van der Waals surface area contributed by atoms with Crippen LogP contribution in [0.1, 0.15) is 44.6 Å². The Morgan fingerprint density at radius 1 is 1.10 bits per heavy atom. The van der Waals surface area contributed by atoms with E-state index in [9.17, 15) is 9.59 Å². The predicted octanol–water partition coefficient (Wildman–Crippen LogP) is 5.24. The third-order valence-corrected chi connectivity index (χ3v) is 6.11. The van der Waals surface area contributed by atoms with Gasteiger partial charge in [-0.1, -0.05) is 67.2 Å². The van der Waals surface area contributed by atoms with Gasteiger partial charge in [-0.2, -0.15) is 0 Å². The Morgan fingerprint density at radius 3 is 2.42 bits per heavy atom. The molecule has 1 saturated carbocycles. The summed E-state index contributed by atoms with van der Waals surface area (Å²) in [6, 6.07) is 13.9. The summed E-state index contributed by atoms with van der Waals surface area (Å²) in [6.07, 6.45) is 4.73. The van der Waals surface area contributed by atoms with Crippen LogP contribution in [0, 0.1) is 0 Å². The van der Waals surface area contributed by atoms with Crippen LogP contribution in [0.2, 0.25) is 10.0 Å². The number of carbonyl (C=O) groups is 2. The first-order valence-corrected chi connectivity index (χ1v) is 11.4. The first kappa shape index (κ1) is 23.4. The Kier molecular flexibility index (Phi) is 8.61. The summed E-state index contributed by atoms with van der Waals surface area (Å²) in [5, 5.41) is 4.18. The predicted molar refractivity (Wildman–Crippen MR) is 123 cm³/mol. The first-order chi connectivity index (χ1) is 15.0. The Balaban J connectivity index is 1.76. The SMILES string of the molecule is CC[C@H](C(=O)NC1CCCC1)N(Cc1ccc(Cl)cc1)C(=O)COc1ccccc1Cl. The van der Waals surface area contributed by atoms with Crippen molar-refractivity contribution in [3.05, 3.63) is 64.1 Å². The van der Waals surface area contributed by atoms with E-state index in [4.69, 9.17) is 27.9 Å². The molecule has 0 aliphatic heterocycles. The molecule has 166 valence electrons. The average Bonchev–Trinajstić information content (AvgIpc) is 3.27. The maximum Gasteiger partial charge on any atom is 0.261 e. The molecule has 5 nitrogen and oxygen atoms in total. The molecule has 1 fully saturated rings. The summed E-state index contributed by atoms with van der Waals surface area (Å²) in [6.45, 7) is 2.00. The zero-order valence-corrected chi connectivity index (χ0v) is 19.2. The van der Waals surface area contributed by atoms with Crippen molar-refractivity contribution in [2.45, 2.75) is 57.7 Å². The lowest BCUT2D eigenvalue weighted by Crippen LogP contribution is -2.52. The minimum absolute atomic E-state index is 0.116. The summed E-state index contributed by atoms with van der Waals surface area (Å²) in [5.74, 6) is 0.0464. The second-order valence-electron chi connectivity index (χ2n) is 7.78. The number of amides is 2. The van der Waals surface area contributed by atoms with E-state index in [2.05, 4.69) is 5.32 Å². The molecule has 1 N–H and O–H groups in total. The molecule has 31 heavy (non-hydrogen) atoms. The van der Waals surface area contributed by atoms with Crippen molar-refractivity contribution in [1.82, 2.24) is 10.2 Å². The van der Waals surface area contributed by atoms with Gasteiger partial charge >= 0.3 is 0 Å². The molecule has 2 aromatic carbocycles. The first-order valence-electron chi connectivity index (χ1n) is 10.7. The highest BCUT2D eigenvalue weighted by Crippen LogP contribution is 2.24. The van der Waals surface area contributed by atoms with Crippen LogP contribution in [0.3, 0.4) is 0 Å². The fourth-order valence-corrected chi connectivity index (χ4v) is 4.17. The minimum atomic E-state index is -0.585. The maximum absolute atomic E-state index is 13.2. The molecule has 2 amide bonds. The van der Waals surface area contributed by atoms with E-state index in [1.54, 1.807) is 41.3 Å². The number of nitrogens with zero attached hydrogens (tertiary/aromatic N) is 1. The number of nitrogens with one attached hydrogen (secondary N) is 1. The molecular formula is C24H28Cl2N2O3. The van der Waals surface area contributed by atoms with Crippen molar-refractivity contribution < 1.29 is 14.3 Å². The summed E-state index contributed by atoms with van der Waals surface area (Å²) < 4.78 is 5.67. The third kappa shape index (κ3) is 6.62. The lowest BCUT2D eigenvalue weighted by molar-refractivity contribution is -0.143. The van der Waals surface area contributed by atoms with Gasteiger partial charge in [0.25, 0.3) is 5.91 Å². The molecule has 0 saturated heterocycles. The molecule has 0 radical (unpaired) electrons. The Morgan fingerprint density at radius 2 is 1.77 bits per heavy atom. The van der Waals surface area contributed by atoms with Gasteiger partial charge in [-0.15, -0.1) is 0 Å². The third-order valence-electron chi connectivity index (χ3n) is 5.54. The van der Waals surface area contributed by atoms with E-state index in [1.165, 1.54) is 0 Å². The zero-order valence-electron chi connectivity index (χ0n) is 17.7. The normalized spacial score (nSPS) is 14.8. The zero-order chi connectivity index (χ0) is 22.2. The van der Waals surface area contributed by atoms with Crippen molar-refractivity contribution in [2.24, 2.45) is 0 Å². The average molecular weight is 463 g/mol. The molecule has 0 heterocycles. The molecule has 7 heteroatoms. The van der Waals surface area contributed by atoms with E-state index < -0.39 is 6.04 Å². The Labute approximate surface area is 193 Å². The van der Waals surface area contributed by atoms with Crippen molar-refractivity contribution in [3.8, 4) is 5.75 Å². The Hall–Kier alpha value is -2.24. The van der Waals surface area contributed by atoms with Gasteiger partial charge in [-0.3, -0.25) is 9.59 Å². The fourth-order valence-electron chi connectivity index (χ4n) is 3.86. The number of ether oxygens (including phenoxy) is 1. The number of halogens is 2. The van der Waals surface area contributed by atoms with Gasteiger partial charge in [0.2, 0.25) is 5.91 Å². The number of hydrogen-bond acceptors (Lipinski definition) is 3. The second kappa shape index (κ2) is 11.4. The fraction of sp³-hybridized carbons (Fsp3) is 0.417. The highest BCUT2D eigenvalue weighted by molar-refractivity contribution is 6.32. The van der Waals surface area contributed by atoms with E-state index in [0.717, 1.165) is 31.2 Å². The molecular weight excluding hydrogens is 435 g/mol. The van der Waals surface area contributed by atoms with Gasteiger partial charge in [-0.25, -0.2) is 0 Å². The van der Waals surface area contributed by atoms with E-state index >= 15 is 0 Å². The van der Waals surface area contributed by atoms with E-state index in [-0.39, 0.29) is 24.5 Å². The minimum Gasteiger partial charge on any atom is -0.482 e. The van der Waals surface area contributed by atoms with Gasteiger partial charge in [0.1, 0.15) is 11.8 Å². The van der Waals surface area contributed by atoms with Crippen LogP contribution >= 0.6 is 23.2 Å². The smallest absolute Gasteiger partial charge is 0.261 e. The number of benzene rings is 2. The standard InChI is InChI=1S/C24H28Cl2N2O3/c1-2-21(24(30)27-19-7-3-4-8-19)28(15-17-11-13-18(25)14-12-17)23(29)16-31-22-10-6-5-9-20(22)26/h5-6,9-14,19,21H,2-4,7-8,15-16H2,1H3,(H,27,30)/t21-/m1/s1. The van der Waals surface area contributed by atoms with Crippen molar-refractivity contribution >= 4 is 35.0 Å². The van der Waals surface area contributed by atoms with Crippen molar-refractivity contribution in [2.75, 3.05) is 6.61 Å². The number of carbonyl (C=O) groups excluding carboxylic acids is 2. The number of para-hydroxylation sites is 1.